The molecule has 164 valence electrons. The molecular formula is C25H23N7O. The molecular weight excluding hydrogens is 414 g/mol. The topological polar surface area (TPSA) is 131 Å². The zero-order valence-corrected chi connectivity index (χ0v) is 17.8. The zero-order chi connectivity index (χ0) is 23.0. The Morgan fingerprint density at radius 2 is 1.67 bits per heavy atom. The maximum atomic E-state index is 12.6. The van der Waals surface area contributed by atoms with Crippen molar-refractivity contribution < 1.29 is 4.79 Å². The highest BCUT2D eigenvalue weighted by Crippen LogP contribution is 2.20. The number of carbonyl (C=O) groups excluding carboxylic acids is 1. The fraction of sp³-hybridized carbons (Fsp3) is 0.0400. The van der Waals surface area contributed by atoms with Crippen molar-refractivity contribution in [1.29, 1.82) is 0 Å². The lowest BCUT2D eigenvalue weighted by atomic mass is 10.1. The van der Waals surface area contributed by atoms with E-state index in [1.807, 2.05) is 66.7 Å². The second-order valence-electron chi connectivity index (χ2n) is 7.21. The van der Waals surface area contributed by atoms with E-state index in [1.165, 1.54) is 6.20 Å². The minimum absolute atomic E-state index is 0.0995. The average Bonchev–Trinajstić information content (AvgIpc) is 2.87. The lowest BCUT2D eigenvalue weighted by Gasteiger charge is -2.09. The standard InChI is InChI=1S/C25H23N7O/c26-23-22(24(27)32-31-20-12-5-2-6-13-20)30-21(16-28-23)18-10-7-11-19(14-18)25(33)29-15-17-8-3-1-4-9-17/h1-14,16,31H,15H2,(H2,26,28)(H2,27,32)(H,29,33). The molecule has 3 aromatic carbocycles. The van der Waals surface area contributed by atoms with Crippen LogP contribution < -0.4 is 22.2 Å². The minimum atomic E-state index is -0.183. The van der Waals surface area contributed by atoms with Crippen LogP contribution in [0.25, 0.3) is 11.3 Å². The van der Waals surface area contributed by atoms with Crippen LogP contribution in [0.2, 0.25) is 0 Å². The van der Waals surface area contributed by atoms with E-state index < -0.39 is 0 Å². The number of hydrazone groups is 1. The number of nitrogens with one attached hydrogen (secondary N) is 2. The number of para-hydroxylation sites is 1. The van der Waals surface area contributed by atoms with Crippen LogP contribution in [0.1, 0.15) is 21.6 Å². The molecule has 1 aromatic heterocycles. The van der Waals surface area contributed by atoms with Crippen LogP contribution in [-0.2, 0) is 6.54 Å². The molecule has 1 amide bonds. The molecule has 1 heterocycles. The molecule has 0 radical (unpaired) electrons. The fourth-order valence-electron chi connectivity index (χ4n) is 3.12. The lowest BCUT2D eigenvalue weighted by molar-refractivity contribution is 0.0951. The van der Waals surface area contributed by atoms with Gasteiger partial charge in [0.05, 0.1) is 17.6 Å². The first-order valence-corrected chi connectivity index (χ1v) is 10.3. The van der Waals surface area contributed by atoms with E-state index in [9.17, 15) is 4.79 Å². The number of nitrogens with zero attached hydrogens (tertiary/aromatic N) is 3. The molecule has 0 bridgehead atoms. The molecule has 0 aliphatic heterocycles. The van der Waals surface area contributed by atoms with E-state index >= 15 is 0 Å². The van der Waals surface area contributed by atoms with Gasteiger partial charge in [-0.3, -0.25) is 10.2 Å². The van der Waals surface area contributed by atoms with Crippen LogP contribution in [0.3, 0.4) is 0 Å². The van der Waals surface area contributed by atoms with Crippen molar-refractivity contribution in [2.24, 2.45) is 10.8 Å². The van der Waals surface area contributed by atoms with Crippen molar-refractivity contribution in [1.82, 2.24) is 15.3 Å². The van der Waals surface area contributed by atoms with Gasteiger partial charge >= 0.3 is 0 Å². The van der Waals surface area contributed by atoms with Crippen molar-refractivity contribution in [3.8, 4) is 11.3 Å². The average molecular weight is 438 g/mol. The van der Waals surface area contributed by atoms with E-state index in [0.717, 1.165) is 11.3 Å². The molecule has 8 nitrogen and oxygen atoms in total. The summed E-state index contributed by atoms with van der Waals surface area (Å²) in [4.78, 5) is 21.4. The Bertz CT molecular complexity index is 1270. The second-order valence-corrected chi connectivity index (χ2v) is 7.21. The summed E-state index contributed by atoms with van der Waals surface area (Å²) < 4.78 is 0. The van der Waals surface area contributed by atoms with Crippen LogP contribution in [-0.4, -0.2) is 21.7 Å². The van der Waals surface area contributed by atoms with Crippen LogP contribution in [0.15, 0.2) is 96.2 Å². The molecule has 0 atom stereocenters. The minimum Gasteiger partial charge on any atom is -0.382 e. The Labute approximate surface area is 191 Å². The number of nitrogen functional groups attached to an aromatic ring is 1. The summed E-state index contributed by atoms with van der Waals surface area (Å²) in [7, 11) is 0. The SMILES string of the molecule is NC(=NNc1ccccc1)c1nc(-c2cccc(C(=O)NCc3ccccc3)c2)cnc1N. The molecule has 0 fully saturated rings. The van der Waals surface area contributed by atoms with Gasteiger partial charge in [0, 0.05) is 17.7 Å². The number of amidine groups is 1. The van der Waals surface area contributed by atoms with Gasteiger partial charge in [-0.25, -0.2) is 9.97 Å². The summed E-state index contributed by atoms with van der Waals surface area (Å²) in [6.07, 6.45) is 1.54. The van der Waals surface area contributed by atoms with Crippen LogP contribution in [0.5, 0.6) is 0 Å². The summed E-state index contributed by atoms with van der Waals surface area (Å²) in [5.74, 6) is 0.0755. The number of hydrogen-bond acceptors (Lipinski definition) is 6. The number of benzene rings is 3. The van der Waals surface area contributed by atoms with Crippen molar-refractivity contribution in [2.75, 3.05) is 11.2 Å². The third-order valence-corrected chi connectivity index (χ3v) is 4.84. The molecule has 33 heavy (non-hydrogen) atoms. The molecule has 0 aliphatic rings. The van der Waals surface area contributed by atoms with Crippen molar-refractivity contribution >= 4 is 23.2 Å². The Balaban J connectivity index is 1.52. The van der Waals surface area contributed by atoms with E-state index in [4.69, 9.17) is 11.5 Å². The Kier molecular flexibility index (Phi) is 6.56. The predicted molar refractivity (Wildman–Crippen MR) is 130 cm³/mol. The van der Waals surface area contributed by atoms with Gasteiger partial charge in [-0.05, 0) is 29.8 Å². The molecule has 0 spiro atoms. The fourth-order valence-corrected chi connectivity index (χ4v) is 3.12. The predicted octanol–water partition coefficient (Wildman–Crippen LogP) is 3.39. The lowest BCUT2D eigenvalue weighted by Crippen LogP contribution is -2.22. The van der Waals surface area contributed by atoms with Crippen LogP contribution in [0.4, 0.5) is 11.5 Å². The molecule has 0 aliphatic carbocycles. The summed E-state index contributed by atoms with van der Waals surface area (Å²) in [5.41, 5.74) is 18.8. The Morgan fingerprint density at radius 1 is 0.939 bits per heavy atom. The molecule has 0 saturated carbocycles. The number of anilines is 2. The van der Waals surface area contributed by atoms with Gasteiger partial charge in [0.1, 0.15) is 5.69 Å². The van der Waals surface area contributed by atoms with Crippen molar-refractivity contribution in [2.45, 2.75) is 6.54 Å². The molecule has 8 heteroatoms. The number of rotatable bonds is 7. The second kappa shape index (κ2) is 10.1. The van der Waals surface area contributed by atoms with Crippen LogP contribution in [0, 0.1) is 0 Å². The number of carbonyl (C=O) groups is 1. The highest BCUT2D eigenvalue weighted by Gasteiger charge is 2.13. The van der Waals surface area contributed by atoms with E-state index in [-0.39, 0.29) is 23.3 Å². The first kappa shape index (κ1) is 21.5. The number of hydrogen-bond donors (Lipinski definition) is 4. The monoisotopic (exact) mass is 437 g/mol. The first-order chi connectivity index (χ1) is 16.1. The zero-order valence-electron chi connectivity index (χ0n) is 17.8. The van der Waals surface area contributed by atoms with Gasteiger partial charge in [-0.1, -0.05) is 60.7 Å². The number of nitrogens with two attached hydrogens (primary N) is 2. The summed E-state index contributed by atoms with van der Waals surface area (Å²) in [6, 6.07) is 26.2. The quantitative estimate of drug-likeness (QED) is 0.199. The maximum absolute atomic E-state index is 12.6. The number of aromatic nitrogens is 2. The van der Waals surface area contributed by atoms with Crippen molar-refractivity contribution in [3.05, 3.63) is 108 Å². The summed E-state index contributed by atoms with van der Waals surface area (Å²) >= 11 is 0. The Morgan fingerprint density at radius 3 is 2.42 bits per heavy atom. The number of amides is 1. The third kappa shape index (κ3) is 5.50. The van der Waals surface area contributed by atoms with Gasteiger partial charge in [-0.2, -0.15) is 5.10 Å². The van der Waals surface area contributed by atoms with E-state index in [2.05, 4.69) is 25.8 Å². The highest BCUT2D eigenvalue weighted by molar-refractivity contribution is 6.00. The summed E-state index contributed by atoms with van der Waals surface area (Å²) in [5, 5.41) is 7.08. The van der Waals surface area contributed by atoms with E-state index in [0.29, 0.717) is 23.4 Å². The van der Waals surface area contributed by atoms with Gasteiger partial charge in [0.2, 0.25) is 0 Å². The van der Waals surface area contributed by atoms with Gasteiger partial charge < -0.3 is 16.8 Å². The van der Waals surface area contributed by atoms with E-state index in [1.54, 1.807) is 18.2 Å². The highest BCUT2D eigenvalue weighted by atomic mass is 16.1. The normalized spacial score (nSPS) is 11.1. The van der Waals surface area contributed by atoms with Crippen LogP contribution >= 0.6 is 0 Å². The molecule has 4 aromatic rings. The van der Waals surface area contributed by atoms with Gasteiger partial charge in [0.15, 0.2) is 11.7 Å². The largest absolute Gasteiger partial charge is 0.382 e. The molecule has 0 saturated heterocycles. The molecule has 6 N–H and O–H groups in total. The van der Waals surface area contributed by atoms with Crippen molar-refractivity contribution in [3.63, 3.8) is 0 Å². The van der Waals surface area contributed by atoms with Gasteiger partial charge in [0.25, 0.3) is 5.91 Å². The van der Waals surface area contributed by atoms with Gasteiger partial charge in [-0.15, -0.1) is 0 Å². The first-order valence-electron chi connectivity index (χ1n) is 10.3. The molecule has 4 rings (SSSR count). The molecule has 0 unspecified atom stereocenters. The Hall–Kier alpha value is -4.72. The third-order valence-electron chi connectivity index (χ3n) is 4.84. The maximum Gasteiger partial charge on any atom is 0.251 e. The smallest absolute Gasteiger partial charge is 0.251 e. The summed E-state index contributed by atoms with van der Waals surface area (Å²) in [6.45, 7) is 0.442.